The summed E-state index contributed by atoms with van der Waals surface area (Å²) in [5.74, 6) is 0. The summed E-state index contributed by atoms with van der Waals surface area (Å²) >= 11 is 0. The lowest BCUT2D eigenvalue weighted by atomic mass is 10.1. The number of rotatable bonds is 6. The zero-order valence-corrected chi connectivity index (χ0v) is 16.9. The van der Waals surface area contributed by atoms with Crippen LogP contribution < -0.4 is 10.6 Å². The Morgan fingerprint density at radius 3 is 2.66 bits per heavy atom. The van der Waals surface area contributed by atoms with Crippen LogP contribution in [0.25, 0.3) is 10.9 Å². The van der Waals surface area contributed by atoms with Gasteiger partial charge in [-0.1, -0.05) is 6.07 Å². The van der Waals surface area contributed by atoms with Gasteiger partial charge in [0, 0.05) is 42.4 Å². The Kier molecular flexibility index (Phi) is 5.04. The van der Waals surface area contributed by atoms with Gasteiger partial charge in [-0.2, -0.15) is 0 Å². The number of fused-ring (bicyclic) bond motifs is 1. The molecule has 0 radical (unpaired) electrons. The maximum absolute atomic E-state index is 13.3. The zero-order chi connectivity index (χ0) is 20.4. The van der Waals surface area contributed by atoms with Crippen LogP contribution in [0.15, 0.2) is 72.1 Å². The number of nitrogens with zero attached hydrogens (tertiary/aromatic N) is 3. The molecule has 8 heteroatoms. The van der Waals surface area contributed by atoms with Crippen molar-refractivity contribution >= 4 is 32.3 Å². The minimum absolute atomic E-state index is 0.148. The van der Waals surface area contributed by atoms with Gasteiger partial charge in [-0.25, -0.2) is 12.4 Å². The third-order valence-electron chi connectivity index (χ3n) is 4.70. The zero-order valence-electron chi connectivity index (χ0n) is 16.1. The molecule has 0 saturated carbocycles. The molecule has 0 aliphatic rings. The first kappa shape index (κ1) is 19.1. The molecule has 7 nitrogen and oxygen atoms in total. The van der Waals surface area contributed by atoms with E-state index < -0.39 is 10.0 Å². The van der Waals surface area contributed by atoms with Crippen molar-refractivity contribution in [2.24, 2.45) is 0 Å². The van der Waals surface area contributed by atoms with E-state index in [1.807, 2.05) is 44.3 Å². The quantitative estimate of drug-likeness (QED) is 0.509. The van der Waals surface area contributed by atoms with Crippen molar-refractivity contribution in [1.82, 2.24) is 19.3 Å². The van der Waals surface area contributed by atoms with Crippen LogP contribution in [-0.4, -0.2) is 29.4 Å². The molecule has 0 saturated heterocycles. The predicted octanol–water partition coefficient (Wildman–Crippen LogP) is 3.44. The van der Waals surface area contributed by atoms with Gasteiger partial charge in [-0.3, -0.25) is 9.97 Å². The van der Waals surface area contributed by atoms with Crippen LogP contribution in [0.2, 0.25) is 0 Å². The lowest BCUT2D eigenvalue weighted by Crippen LogP contribution is -2.12. The number of aryl methyl sites for hydroxylation is 1. The first-order valence-corrected chi connectivity index (χ1v) is 10.6. The Morgan fingerprint density at radius 2 is 1.93 bits per heavy atom. The summed E-state index contributed by atoms with van der Waals surface area (Å²) in [6.45, 7) is 2.47. The van der Waals surface area contributed by atoms with Gasteiger partial charge >= 0.3 is 0 Å². The Hall–Kier alpha value is -3.23. The van der Waals surface area contributed by atoms with Gasteiger partial charge in [-0.05, 0) is 55.9 Å². The highest BCUT2D eigenvalue weighted by Crippen LogP contribution is 2.30. The Bertz CT molecular complexity index is 1270. The average molecular weight is 407 g/mol. The molecule has 2 N–H and O–H groups in total. The number of pyridine rings is 2. The van der Waals surface area contributed by atoms with Crippen LogP contribution >= 0.6 is 0 Å². The van der Waals surface area contributed by atoms with Gasteiger partial charge in [0.25, 0.3) is 10.0 Å². The summed E-state index contributed by atoms with van der Waals surface area (Å²) in [7, 11) is -1.94. The van der Waals surface area contributed by atoms with Crippen LogP contribution in [0.1, 0.15) is 11.3 Å². The fourth-order valence-electron chi connectivity index (χ4n) is 3.26. The summed E-state index contributed by atoms with van der Waals surface area (Å²) in [6.07, 6.45) is 6.32. The molecule has 0 aliphatic heterocycles. The first-order chi connectivity index (χ1) is 14.0. The van der Waals surface area contributed by atoms with E-state index in [1.54, 1.807) is 30.7 Å². The molecule has 0 amide bonds. The molecular weight excluding hydrogens is 386 g/mol. The van der Waals surface area contributed by atoms with E-state index >= 15 is 0 Å². The van der Waals surface area contributed by atoms with E-state index in [-0.39, 0.29) is 4.90 Å². The Balaban J connectivity index is 1.86. The van der Waals surface area contributed by atoms with E-state index in [1.165, 1.54) is 10.2 Å². The third kappa shape index (κ3) is 3.59. The van der Waals surface area contributed by atoms with Gasteiger partial charge in [0.05, 0.1) is 16.9 Å². The molecule has 1 aromatic carbocycles. The van der Waals surface area contributed by atoms with Crippen LogP contribution in [-0.2, 0) is 16.6 Å². The molecule has 0 unspecified atom stereocenters. The van der Waals surface area contributed by atoms with Gasteiger partial charge in [0.1, 0.15) is 4.90 Å². The van der Waals surface area contributed by atoms with E-state index in [2.05, 4.69) is 20.6 Å². The molecule has 29 heavy (non-hydrogen) atoms. The van der Waals surface area contributed by atoms with Crippen molar-refractivity contribution < 1.29 is 8.42 Å². The largest absolute Gasteiger partial charge is 0.354 e. The second kappa shape index (κ2) is 7.65. The van der Waals surface area contributed by atoms with Crippen molar-refractivity contribution in [3.05, 3.63) is 78.5 Å². The number of nitrogens with one attached hydrogen (secondary N) is 2. The first-order valence-electron chi connectivity index (χ1n) is 9.13. The number of aromatic nitrogens is 3. The predicted molar refractivity (Wildman–Crippen MR) is 114 cm³/mol. The van der Waals surface area contributed by atoms with Crippen LogP contribution in [0.5, 0.6) is 0 Å². The van der Waals surface area contributed by atoms with E-state index in [0.29, 0.717) is 12.1 Å². The highest BCUT2D eigenvalue weighted by atomic mass is 32.2. The lowest BCUT2D eigenvalue weighted by Gasteiger charge is -2.11. The van der Waals surface area contributed by atoms with Crippen LogP contribution in [0, 0.1) is 6.92 Å². The van der Waals surface area contributed by atoms with E-state index in [9.17, 15) is 8.42 Å². The smallest absolute Gasteiger partial charge is 0.269 e. The maximum Gasteiger partial charge on any atom is 0.269 e. The SMILES string of the molecule is CNCc1cn(S(=O)(=O)c2cccnc2)c2cc(Nc3cccnc3C)ccc12. The van der Waals surface area contributed by atoms with Gasteiger partial charge in [0.2, 0.25) is 0 Å². The summed E-state index contributed by atoms with van der Waals surface area (Å²) < 4.78 is 27.8. The van der Waals surface area contributed by atoms with E-state index in [0.717, 1.165) is 28.0 Å². The molecule has 4 aromatic rings. The molecule has 0 bridgehead atoms. The average Bonchev–Trinajstić information content (AvgIpc) is 3.09. The van der Waals surface area contributed by atoms with Gasteiger partial charge in [0.15, 0.2) is 0 Å². The fourth-order valence-corrected chi connectivity index (χ4v) is 4.61. The second-order valence-corrected chi connectivity index (χ2v) is 8.48. The van der Waals surface area contributed by atoms with Crippen molar-refractivity contribution in [1.29, 1.82) is 0 Å². The number of hydrogen-bond acceptors (Lipinski definition) is 6. The minimum atomic E-state index is -3.77. The normalized spacial score (nSPS) is 11.7. The highest BCUT2D eigenvalue weighted by Gasteiger charge is 2.21. The molecule has 0 fully saturated rings. The van der Waals surface area contributed by atoms with Crippen molar-refractivity contribution in [3.63, 3.8) is 0 Å². The molecule has 0 aliphatic carbocycles. The molecule has 3 aromatic heterocycles. The Labute approximate surface area is 169 Å². The van der Waals surface area contributed by atoms with Crippen LogP contribution in [0.4, 0.5) is 11.4 Å². The van der Waals surface area contributed by atoms with E-state index in [4.69, 9.17) is 0 Å². The molecule has 3 heterocycles. The number of benzene rings is 1. The number of hydrogen-bond donors (Lipinski definition) is 2. The maximum atomic E-state index is 13.3. The molecule has 4 rings (SSSR count). The fraction of sp³-hybridized carbons (Fsp3) is 0.143. The molecular formula is C21H21N5O2S. The Morgan fingerprint density at radius 1 is 1.10 bits per heavy atom. The van der Waals surface area contributed by atoms with Gasteiger partial charge in [-0.15, -0.1) is 0 Å². The summed E-state index contributed by atoms with van der Waals surface area (Å²) in [6, 6.07) is 12.7. The molecule has 148 valence electrons. The summed E-state index contributed by atoms with van der Waals surface area (Å²) in [5, 5.41) is 7.30. The van der Waals surface area contributed by atoms with Crippen molar-refractivity contribution in [3.8, 4) is 0 Å². The minimum Gasteiger partial charge on any atom is -0.354 e. The monoisotopic (exact) mass is 407 g/mol. The second-order valence-electron chi connectivity index (χ2n) is 6.67. The number of anilines is 2. The summed E-state index contributed by atoms with van der Waals surface area (Å²) in [5.41, 5.74) is 4.02. The molecule has 0 atom stereocenters. The van der Waals surface area contributed by atoms with Crippen molar-refractivity contribution in [2.75, 3.05) is 12.4 Å². The van der Waals surface area contributed by atoms with Gasteiger partial charge < -0.3 is 10.6 Å². The van der Waals surface area contributed by atoms with Crippen molar-refractivity contribution in [2.45, 2.75) is 18.4 Å². The summed E-state index contributed by atoms with van der Waals surface area (Å²) in [4.78, 5) is 8.39. The lowest BCUT2D eigenvalue weighted by molar-refractivity contribution is 0.588. The standard InChI is InChI=1S/C21H21N5O2S/c1-15-20(6-4-10-24-15)25-17-7-8-19-16(12-22-2)14-26(21(19)11-17)29(27,28)18-5-3-9-23-13-18/h3-11,13-14,22,25H,12H2,1-2H3. The molecule has 0 spiro atoms. The van der Waals surface area contributed by atoms with Crippen LogP contribution in [0.3, 0.4) is 0 Å². The topological polar surface area (TPSA) is 88.9 Å². The highest BCUT2D eigenvalue weighted by molar-refractivity contribution is 7.90. The third-order valence-corrected chi connectivity index (χ3v) is 6.36.